The van der Waals surface area contributed by atoms with Crippen LogP contribution in [-0.2, 0) is 14.3 Å². The Morgan fingerprint density at radius 2 is 2.10 bits per heavy atom. The maximum atomic E-state index is 11.8. The van der Waals surface area contributed by atoms with E-state index in [-0.39, 0.29) is 24.5 Å². The summed E-state index contributed by atoms with van der Waals surface area (Å²) in [5, 5.41) is 14.5. The predicted molar refractivity (Wildman–Crippen MR) is 80.3 cm³/mol. The van der Waals surface area contributed by atoms with Gasteiger partial charge in [-0.05, 0) is 40.2 Å². The monoisotopic (exact) mass is 322 g/mol. The molecule has 0 aromatic heterocycles. The number of hydrogen-bond donors (Lipinski definition) is 4. The lowest BCUT2D eigenvalue weighted by molar-refractivity contribution is -0.162. The van der Waals surface area contributed by atoms with Gasteiger partial charge in [-0.25, -0.2) is 14.6 Å². The summed E-state index contributed by atoms with van der Waals surface area (Å²) in [6, 6.07) is -1.57. The maximum Gasteiger partial charge on any atom is 0.340 e. The molecule has 0 radical (unpaired) electrons. The van der Waals surface area contributed by atoms with Gasteiger partial charge >= 0.3 is 11.9 Å². The first-order chi connectivity index (χ1) is 9.19. The van der Waals surface area contributed by atoms with Gasteiger partial charge in [0.2, 0.25) is 6.04 Å². The van der Waals surface area contributed by atoms with Crippen LogP contribution >= 0.6 is 12.4 Å². The lowest BCUT2D eigenvalue weighted by Crippen LogP contribution is -2.51. The van der Waals surface area contributed by atoms with Crippen LogP contribution in [0.3, 0.4) is 0 Å². The number of halogens is 1. The molecule has 1 aliphatic heterocycles. The number of aliphatic imine (C=N–C) groups is 1. The van der Waals surface area contributed by atoms with Crippen molar-refractivity contribution in [2.45, 2.75) is 51.4 Å². The number of ether oxygens (including phenoxy) is 1. The number of rotatable bonds is 4. The fourth-order valence-corrected chi connectivity index (χ4v) is 1.71. The number of esters is 1. The SMILES string of the molecule is CC(C)(C)OC(=O)C(NC(N)=NC1CCCN1)C(=O)O.Cl. The van der Waals surface area contributed by atoms with Crippen molar-refractivity contribution in [3.63, 3.8) is 0 Å². The lowest BCUT2D eigenvalue weighted by Gasteiger charge is -2.23. The Hall–Kier alpha value is -1.54. The van der Waals surface area contributed by atoms with Crippen molar-refractivity contribution >= 4 is 30.3 Å². The first-order valence-electron chi connectivity index (χ1n) is 6.48. The Bertz CT molecular complexity index is 403. The predicted octanol–water partition coefficient (Wildman–Crippen LogP) is -0.183. The first kappa shape index (κ1) is 19.5. The van der Waals surface area contributed by atoms with Gasteiger partial charge in [0.1, 0.15) is 11.8 Å². The number of nitrogens with two attached hydrogens (primary N) is 1. The topological polar surface area (TPSA) is 126 Å². The van der Waals surface area contributed by atoms with Crippen LogP contribution in [0.5, 0.6) is 0 Å². The van der Waals surface area contributed by atoms with E-state index in [1.807, 2.05) is 0 Å². The zero-order valence-electron chi connectivity index (χ0n) is 12.4. The van der Waals surface area contributed by atoms with E-state index in [1.165, 1.54) is 0 Å². The zero-order chi connectivity index (χ0) is 15.3. The van der Waals surface area contributed by atoms with Crippen molar-refractivity contribution in [3.05, 3.63) is 0 Å². The molecule has 8 nitrogen and oxygen atoms in total. The van der Waals surface area contributed by atoms with Gasteiger partial charge in [0.25, 0.3) is 0 Å². The highest BCUT2D eigenvalue weighted by Gasteiger charge is 2.31. The minimum absolute atomic E-state index is 0. The average Bonchev–Trinajstić information content (AvgIpc) is 2.75. The van der Waals surface area contributed by atoms with Crippen LogP contribution < -0.4 is 16.4 Å². The average molecular weight is 323 g/mol. The van der Waals surface area contributed by atoms with Gasteiger partial charge in [-0.3, -0.25) is 5.32 Å². The number of carboxylic acids is 1. The number of nitrogens with zero attached hydrogens (tertiary/aromatic N) is 1. The highest BCUT2D eigenvalue weighted by molar-refractivity contribution is 6.02. The first-order valence-corrected chi connectivity index (χ1v) is 6.48. The number of guanidine groups is 1. The van der Waals surface area contributed by atoms with Crippen LogP contribution in [0.15, 0.2) is 4.99 Å². The minimum atomic E-state index is -1.57. The van der Waals surface area contributed by atoms with E-state index in [0.29, 0.717) is 0 Å². The third kappa shape index (κ3) is 7.14. The van der Waals surface area contributed by atoms with Crippen molar-refractivity contribution in [3.8, 4) is 0 Å². The number of aliphatic carboxylic acids is 1. The molecule has 21 heavy (non-hydrogen) atoms. The van der Waals surface area contributed by atoms with Crippen molar-refractivity contribution in [1.29, 1.82) is 0 Å². The standard InChI is InChI=1S/C12H22N4O4.ClH/c1-12(2,3)20-10(19)8(9(17)18)16-11(13)15-7-5-4-6-14-7;/h7-8,14H,4-6H2,1-3H3,(H,17,18)(H3,13,15,16);1H. The molecule has 2 atom stereocenters. The molecule has 0 aliphatic carbocycles. The van der Waals surface area contributed by atoms with Gasteiger partial charge < -0.3 is 20.9 Å². The smallest absolute Gasteiger partial charge is 0.340 e. The molecule has 1 rings (SSSR count). The van der Waals surface area contributed by atoms with E-state index >= 15 is 0 Å². The summed E-state index contributed by atoms with van der Waals surface area (Å²) in [5.74, 6) is -2.36. The third-order valence-electron chi connectivity index (χ3n) is 2.51. The molecule has 1 aliphatic rings. The van der Waals surface area contributed by atoms with Gasteiger partial charge in [-0.1, -0.05) is 0 Å². The number of carbonyl (C=O) groups excluding carboxylic acids is 1. The van der Waals surface area contributed by atoms with Gasteiger partial charge in [0.15, 0.2) is 5.96 Å². The quantitative estimate of drug-likeness (QED) is 0.245. The van der Waals surface area contributed by atoms with Gasteiger partial charge in [-0.15, -0.1) is 12.4 Å². The molecule has 0 aromatic carbocycles. The van der Waals surface area contributed by atoms with E-state index < -0.39 is 23.6 Å². The highest BCUT2D eigenvalue weighted by atomic mass is 35.5. The molecule has 9 heteroatoms. The van der Waals surface area contributed by atoms with Crippen LogP contribution in [0.2, 0.25) is 0 Å². The molecule has 1 saturated heterocycles. The minimum Gasteiger partial charge on any atom is -0.479 e. The molecule has 122 valence electrons. The Morgan fingerprint density at radius 1 is 1.48 bits per heavy atom. The molecule has 1 heterocycles. The second-order valence-electron chi connectivity index (χ2n) is 5.58. The summed E-state index contributed by atoms with van der Waals surface area (Å²) in [5.41, 5.74) is 4.85. The van der Waals surface area contributed by atoms with Crippen LogP contribution in [-0.4, -0.2) is 47.4 Å². The summed E-state index contributed by atoms with van der Waals surface area (Å²) in [4.78, 5) is 27.0. The number of nitrogens with one attached hydrogen (secondary N) is 2. The van der Waals surface area contributed by atoms with Crippen molar-refractivity contribution in [2.24, 2.45) is 10.7 Å². The Morgan fingerprint density at radius 3 is 2.52 bits per heavy atom. The second kappa shape index (κ2) is 8.04. The van der Waals surface area contributed by atoms with E-state index in [1.54, 1.807) is 20.8 Å². The molecular formula is C12H23ClN4O4. The van der Waals surface area contributed by atoms with E-state index in [0.717, 1.165) is 19.4 Å². The van der Waals surface area contributed by atoms with E-state index in [4.69, 9.17) is 15.6 Å². The third-order valence-corrected chi connectivity index (χ3v) is 2.51. The number of carboxylic acid groups (broad SMARTS) is 1. The van der Waals surface area contributed by atoms with Gasteiger partial charge in [-0.2, -0.15) is 0 Å². The Balaban J connectivity index is 0.00000400. The van der Waals surface area contributed by atoms with E-state index in [9.17, 15) is 9.59 Å². The largest absolute Gasteiger partial charge is 0.479 e. The fourth-order valence-electron chi connectivity index (χ4n) is 1.71. The summed E-state index contributed by atoms with van der Waals surface area (Å²) in [7, 11) is 0. The maximum absolute atomic E-state index is 11.8. The fraction of sp³-hybridized carbons (Fsp3) is 0.750. The van der Waals surface area contributed by atoms with Crippen LogP contribution in [0.25, 0.3) is 0 Å². The lowest BCUT2D eigenvalue weighted by atomic mass is 10.2. The number of hydrogen-bond acceptors (Lipinski definition) is 5. The summed E-state index contributed by atoms with van der Waals surface area (Å²) < 4.78 is 5.02. The molecule has 2 unspecified atom stereocenters. The molecule has 1 fully saturated rings. The summed E-state index contributed by atoms with van der Waals surface area (Å²) in [6.45, 7) is 5.81. The van der Waals surface area contributed by atoms with Gasteiger partial charge in [0.05, 0.1) is 0 Å². The van der Waals surface area contributed by atoms with Crippen LogP contribution in [0.4, 0.5) is 0 Å². The van der Waals surface area contributed by atoms with Crippen LogP contribution in [0, 0.1) is 0 Å². The Labute approximate surface area is 129 Å². The molecule has 0 spiro atoms. The second-order valence-corrected chi connectivity index (χ2v) is 5.58. The molecule has 0 saturated carbocycles. The van der Waals surface area contributed by atoms with Gasteiger partial charge in [0, 0.05) is 0 Å². The number of carbonyl (C=O) groups is 2. The molecule has 0 bridgehead atoms. The summed E-state index contributed by atoms with van der Waals surface area (Å²) in [6.07, 6.45) is 1.66. The molecule has 5 N–H and O–H groups in total. The van der Waals surface area contributed by atoms with Crippen molar-refractivity contribution in [1.82, 2.24) is 10.6 Å². The highest BCUT2D eigenvalue weighted by Crippen LogP contribution is 2.09. The zero-order valence-corrected chi connectivity index (χ0v) is 13.2. The summed E-state index contributed by atoms with van der Waals surface area (Å²) >= 11 is 0. The molecule has 0 amide bonds. The molecule has 0 aromatic rings. The van der Waals surface area contributed by atoms with Crippen LogP contribution in [0.1, 0.15) is 33.6 Å². The van der Waals surface area contributed by atoms with Crippen molar-refractivity contribution in [2.75, 3.05) is 6.54 Å². The Kier molecular flexibility index (Phi) is 7.45. The molecular weight excluding hydrogens is 300 g/mol. The normalized spacial score (nSPS) is 20.3. The van der Waals surface area contributed by atoms with E-state index in [2.05, 4.69) is 15.6 Å². The van der Waals surface area contributed by atoms with Crippen molar-refractivity contribution < 1.29 is 19.4 Å².